The van der Waals surface area contributed by atoms with E-state index < -0.39 is 12.1 Å². The average molecular weight is 341 g/mol. The average Bonchev–Trinajstić information content (AvgIpc) is 2.62. The van der Waals surface area contributed by atoms with E-state index >= 15 is 0 Å². The quantitative estimate of drug-likeness (QED) is 0.779. The van der Waals surface area contributed by atoms with E-state index in [4.69, 9.17) is 9.47 Å². The number of ether oxygens (including phenoxy) is 2. The summed E-state index contributed by atoms with van der Waals surface area (Å²) >= 11 is 0. The van der Waals surface area contributed by atoms with Crippen LogP contribution in [0.15, 0.2) is 54.6 Å². The van der Waals surface area contributed by atoms with Crippen molar-refractivity contribution in [2.75, 3.05) is 12.4 Å². The van der Waals surface area contributed by atoms with E-state index in [9.17, 15) is 9.59 Å². The van der Waals surface area contributed by atoms with Crippen molar-refractivity contribution in [2.45, 2.75) is 32.3 Å². The summed E-state index contributed by atoms with van der Waals surface area (Å²) in [6.07, 6.45) is -0.637. The molecule has 2 aromatic rings. The van der Waals surface area contributed by atoms with E-state index in [-0.39, 0.29) is 18.2 Å². The molecule has 0 unspecified atom stereocenters. The normalized spacial score (nSPS) is 12.8. The molecule has 0 saturated carbocycles. The summed E-state index contributed by atoms with van der Waals surface area (Å²) in [4.78, 5) is 24.2. The van der Waals surface area contributed by atoms with Crippen molar-refractivity contribution >= 4 is 17.6 Å². The number of anilines is 1. The third kappa shape index (κ3) is 5.64. The van der Waals surface area contributed by atoms with Crippen molar-refractivity contribution < 1.29 is 19.1 Å². The highest BCUT2D eigenvalue weighted by Gasteiger charge is 2.20. The number of carbonyl (C=O) groups is 2. The maximum Gasteiger partial charge on any atom is 0.307 e. The summed E-state index contributed by atoms with van der Waals surface area (Å²) in [5, 5.41) is 2.71. The second-order valence-corrected chi connectivity index (χ2v) is 5.87. The first-order valence-corrected chi connectivity index (χ1v) is 8.19. The number of methoxy groups -OCH3 is 1. The molecule has 0 aliphatic carbocycles. The molecule has 0 fully saturated rings. The van der Waals surface area contributed by atoms with Gasteiger partial charge in [-0.1, -0.05) is 37.3 Å². The molecular formula is C20H23NO4. The number of benzene rings is 2. The predicted molar refractivity (Wildman–Crippen MR) is 96.7 cm³/mol. The standard InChI is InChI=1S/C20H23NO4/c1-14(16-7-5-4-6-8-16)13-19(22)25-15(2)20(23)21-17-9-11-18(24-3)12-10-17/h4-12,14-15H,13H2,1-3H3,(H,21,23)/t14-,15-/m0/s1. The smallest absolute Gasteiger partial charge is 0.307 e. The van der Waals surface area contributed by atoms with Gasteiger partial charge in [-0.25, -0.2) is 0 Å². The number of esters is 1. The van der Waals surface area contributed by atoms with Gasteiger partial charge in [-0.3, -0.25) is 9.59 Å². The van der Waals surface area contributed by atoms with E-state index in [1.54, 1.807) is 38.3 Å². The molecule has 2 atom stereocenters. The Morgan fingerprint density at radius 2 is 1.64 bits per heavy atom. The van der Waals surface area contributed by atoms with E-state index in [1.165, 1.54) is 0 Å². The lowest BCUT2D eigenvalue weighted by Crippen LogP contribution is -2.30. The van der Waals surface area contributed by atoms with Gasteiger partial charge in [0.05, 0.1) is 13.5 Å². The van der Waals surface area contributed by atoms with E-state index in [0.29, 0.717) is 11.4 Å². The summed E-state index contributed by atoms with van der Waals surface area (Å²) in [6.45, 7) is 3.52. The molecule has 1 amide bonds. The van der Waals surface area contributed by atoms with Crippen LogP contribution in [-0.2, 0) is 14.3 Å². The summed E-state index contributed by atoms with van der Waals surface area (Å²) in [6, 6.07) is 16.7. The van der Waals surface area contributed by atoms with E-state index in [0.717, 1.165) is 5.56 Å². The van der Waals surface area contributed by atoms with Crippen molar-refractivity contribution in [1.82, 2.24) is 0 Å². The highest BCUT2D eigenvalue weighted by atomic mass is 16.5. The summed E-state index contributed by atoms with van der Waals surface area (Å²) in [5.74, 6) is -0.0301. The Morgan fingerprint density at radius 1 is 1.00 bits per heavy atom. The molecule has 0 heterocycles. The zero-order chi connectivity index (χ0) is 18.2. The van der Waals surface area contributed by atoms with Gasteiger partial charge in [0.1, 0.15) is 5.75 Å². The molecule has 132 valence electrons. The zero-order valence-corrected chi connectivity index (χ0v) is 14.7. The van der Waals surface area contributed by atoms with Crippen LogP contribution >= 0.6 is 0 Å². The van der Waals surface area contributed by atoms with Gasteiger partial charge in [-0.15, -0.1) is 0 Å². The van der Waals surface area contributed by atoms with Crippen LogP contribution in [0.5, 0.6) is 5.75 Å². The van der Waals surface area contributed by atoms with Gasteiger partial charge in [-0.2, -0.15) is 0 Å². The zero-order valence-electron chi connectivity index (χ0n) is 14.7. The lowest BCUT2D eigenvalue weighted by molar-refractivity contribution is -0.153. The lowest BCUT2D eigenvalue weighted by Gasteiger charge is -2.16. The minimum atomic E-state index is -0.863. The molecule has 2 aromatic carbocycles. The fourth-order valence-corrected chi connectivity index (χ4v) is 2.37. The summed E-state index contributed by atoms with van der Waals surface area (Å²) in [5.41, 5.74) is 1.68. The maximum atomic E-state index is 12.1. The Kier molecular flexibility index (Phi) is 6.57. The Morgan fingerprint density at radius 3 is 2.24 bits per heavy atom. The molecular weight excluding hydrogens is 318 g/mol. The van der Waals surface area contributed by atoms with Gasteiger partial charge in [0.2, 0.25) is 0 Å². The van der Waals surface area contributed by atoms with Crippen LogP contribution in [-0.4, -0.2) is 25.1 Å². The van der Waals surface area contributed by atoms with Gasteiger partial charge in [-0.05, 0) is 42.7 Å². The van der Waals surface area contributed by atoms with Crippen LogP contribution in [0.4, 0.5) is 5.69 Å². The molecule has 0 radical (unpaired) electrons. The van der Waals surface area contributed by atoms with Crippen molar-refractivity contribution in [3.05, 3.63) is 60.2 Å². The van der Waals surface area contributed by atoms with Crippen LogP contribution in [0.1, 0.15) is 31.7 Å². The second-order valence-electron chi connectivity index (χ2n) is 5.87. The predicted octanol–water partition coefficient (Wildman–Crippen LogP) is 3.76. The third-order valence-corrected chi connectivity index (χ3v) is 3.88. The second kappa shape index (κ2) is 8.87. The first kappa shape index (κ1) is 18.5. The van der Waals surface area contributed by atoms with Crippen LogP contribution in [0, 0.1) is 0 Å². The van der Waals surface area contributed by atoms with Crippen molar-refractivity contribution in [2.24, 2.45) is 0 Å². The number of amides is 1. The first-order valence-electron chi connectivity index (χ1n) is 8.19. The number of nitrogens with one attached hydrogen (secondary N) is 1. The minimum Gasteiger partial charge on any atom is -0.497 e. The molecule has 0 spiro atoms. The van der Waals surface area contributed by atoms with Gasteiger partial charge >= 0.3 is 5.97 Å². The Bertz CT molecular complexity index is 697. The molecule has 5 heteroatoms. The maximum absolute atomic E-state index is 12.1. The largest absolute Gasteiger partial charge is 0.497 e. The molecule has 1 N–H and O–H groups in total. The molecule has 2 rings (SSSR count). The third-order valence-electron chi connectivity index (χ3n) is 3.88. The van der Waals surface area contributed by atoms with Gasteiger partial charge < -0.3 is 14.8 Å². The van der Waals surface area contributed by atoms with E-state index in [1.807, 2.05) is 37.3 Å². The highest BCUT2D eigenvalue weighted by Crippen LogP contribution is 2.19. The molecule has 25 heavy (non-hydrogen) atoms. The van der Waals surface area contributed by atoms with E-state index in [2.05, 4.69) is 5.32 Å². The molecule has 0 saturated heterocycles. The number of hydrogen-bond acceptors (Lipinski definition) is 4. The molecule has 0 aromatic heterocycles. The van der Waals surface area contributed by atoms with Crippen LogP contribution in [0.25, 0.3) is 0 Å². The number of hydrogen-bond donors (Lipinski definition) is 1. The molecule has 0 aliphatic heterocycles. The summed E-state index contributed by atoms with van der Waals surface area (Å²) in [7, 11) is 1.57. The Labute approximate surface area is 148 Å². The summed E-state index contributed by atoms with van der Waals surface area (Å²) < 4.78 is 10.3. The van der Waals surface area contributed by atoms with Crippen molar-refractivity contribution in [3.63, 3.8) is 0 Å². The highest BCUT2D eigenvalue weighted by molar-refractivity contribution is 5.95. The monoisotopic (exact) mass is 341 g/mol. The van der Waals surface area contributed by atoms with Crippen molar-refractivity contribution in [1.29, 1.82) is 0 Å². The molecule has 0 aliphatic rings. The van der Waals surface area contributed by atoms with Crippen LogP contribution < -0.4 is 10.1 Å². The van der Waals surface area contributed by atoms with Gasteiger partial charge in [0, 0.05) is 5.69 Å². The SMILES string of the molecule is COc1ccc(NC(=O)[C@H](C)OC(=O)C[C@H](C)c2ccccc2)cc1. The topological polar surface area (TPSA) is 64.6 Å². The first-order chi connectivity index (χ1) is 12.0. The van der Waals surface area contributed by atoms with Gasteiger partial charge in [0.15, 0.2) is 6.10 Å². The van der Waals surface area contributed by atoms with Crippen LogP contribution in [0.3, 0.4) is 0 Å². The van der Waals surface area contributed by atoms with Gasteiger partial charge in [0.25, 0.3) is 5.91 Å². The Balaban J connectivity index is 1.84. The number of carbonyl (C=O) groups excluding carboxylic acids is 2. The molecule has 0 bridgehead atoms. The van der Waals surface area contributed by atoms with Crippen molar-refractivity contribution in [3.8, 4) is 5.75 Å². The molecule has 5 nitrogen and oxygen atoms in total. The lowest BCUT2D eigenvalue weighted by atomic mass is 9.98. The van der Waals surface area contributed by atoms with Crippen LogP contribution in [0.2, 0.25) is 0 Å². The Hall–Kier alpha value is -2.82. The fraction of sp³-hybridized carbons (Fsp3) is 0.300. The number of rotatable bonds is 7. The minimum absolute atomic E-state index is 0.0329. The fourth-order valence-electron chi connectivity index (χ4n) is 2.37.